The highest BCUT2D eigenvalue weighted by molar-refractivity contribution is 5.68. The van der Waals surface area contributed by atoms with E-state index in [1.165, 1.54) is 6.42 Å². The van der Waals surface area contributed by atoms with Crippen LogP contribution in [0, 0.1) is 12.0 Å². The summed E-state index contributed by atoms with van der Waals surface area (Å²) in [5.74, 6) is -0.972. The molecule has 19 heavy (non-hydrogen) atoms. The second kappa shape index (κ2) is 7.29. The van der Waals surface area contributed by atoms with Gasteiger partial charge >= 0.3 is 5.97 Å². The van der Waals surface area contributed by atoms with Crippen LogP contribution in [0.4, 0.5) is 0 Å². The van der Waals surface area contributed by atoms with Crippen molar-refractivity contribution >= 4 is 5.97 Å². The van der Waals surface area contributed by atoms with Gasteiger partial charge in [0.2, 0.25) is 0 Å². The molecule has 2 N–H and O–H groups in total. The third-order valence-corrected chi connectivity index (χ3v) is 3.43. The van der Waals surface area contributed by atoms with Gasteiger partial charge in [-0.1, -0.05) is 57.4 Å². The molecule has 0 aromatic heterocycles. The molecule has 1 aliphatic carbocycles. The van der Waals surface area contributed by atoms with Crippen LogP contribution in [0.15, 0.2) is 24.3 Å². The second-order valence-electron chi connectivity index (χ2n) is 5.37. The maximum Gasteiger partial charge on any atom is 0.305 e. The van der Waals surface area contributed by atoms with Gasteiger partial charge in [-0.25, -0.2) is 0 Å². The predicted octanol–water partition coefficient (Wildman–Crippen LogP) is 3.37. The average Bonchev–Trinajstić information content (AvgIpc) is 2.41. The molecule has 0 amide bonds. The van der Waals surface area contributed by atoms with E-state index in [0.717, 1.165) is 31.2 Å². The van der Waals surface area contributed by atoms with Crippen molar-refractivity contribution < 1.29 is 15.0 Å². The molecule has 0 heterocycles. The summed E-state index contributed by atoms with van der Waals surface area (Å²) in [6.45, 7) is 3.28. The van der Waals surface area contributed by atoms with Gasteiger partial charge in [-0.15, -0.1) is 0 Å². The van der Waals surface area contributed by atoms with Gasteiger partial charge in [0.05, 0.1) is 11.5 Å². The topological polar surface area (TPSA) is 57.5 Å². The van der Waals surface area contributed by atoms with Crippen LogP contribution in [0.25, 0.3) is 0 Å². The average molecular weight is 263 g/mol. The van der Waals surface area contributed by atoms with E-state index < -0.39 is 11.6 Å². The molecule has 1 radical (unpaired) electrons. The van der Waals surface area contributed by atoms with E-state index in [4.69, 9.17) is 5.11 Å². The fourth-order valence-corrected chi connectivity index (χ4v) is 2.12. The van der Waals surface area contributed by atoms with E-state index >= 15 is 0 Å². The summed E-state index contributed by atoms with van der Waals surface area (Å²) in [6.07, 6.45) is 5.39. The van der Waals surface area contributed by atoms with Crippen molar-refractivity contribution in [2.75, 3.05) is 0 Å². The molecule has 1 aromatic rings. The zero-order chi connectivity index (χ0) is 14.3. The molecule has 0 aliphatic heterocycles. The van der Waals surface area contributed by atoms with Crippen LogP contribution in [0.1, 0.15) is 51.5 Å². The monoisotopic (exact) mass is 263 g/mol. The standard InChI is InChI=1S/C12H15O.C4H8O2/c13-12(9-5-2-6-10-12)11-7-3-1-4-8-11;1-3(2)4(5)6/h3-4,7-8,13H,2,5-6,9-10H2;3H,1-2H3,(H,5,6). The van der Waals surface area contributed by atoms with Gasteiger partial charge in [0, 0.05) is 0 Å². The van der Waals surface area contributed by atoms with Gasteiger partial charge in [0.1, 0.15) is 0 Å². The second-order valence-corrected chi connectivity index (χ2v) is 5.37. The van der Waals surface area contributed by atoms with Crippen molar-refractivity contribution in [1.82, 2.24) is 0 Å². The normalized spacial score (nSPS) is 17.5. The number of carbonyl (C=O) groups is 1. The van der Waals surface area contributed by atoms with Crippen LogP contribution in [0.5, 0.6) is 0 Å². The molecular formula is C16H23O3. The van der Waals surface area contributed by atoms with Gasteiger partial charge in [-0.05, 0) is 24.5 Å². The summed E-state index contributed by atoms with van der Waals surface area (Å²) in [7, 11) is 0. The summed E-state index contributed by atoms with van der Waals surface area (Å²) in [5.41, 5.74) is 0.513. The first-order valence-electron chi connectivity index (χ1n) is 6.87. The lowest BCUT2D eigenvalue weighted by Gasteiger charge is -2.32. The minimum Gasteiger partial charge on any atom is -0.481 e. The number of aliphatic carboxylic acids is 1. The highest BCUT2D eigenvalue weighted by Crippen LogP contribution is 2.36. The molecule has 1 aromatic carbocycles. The number of rotatable bonds is 2. The largest absolute Gasteiger partial charge is 0.481 e. The maximum atomic E-state index is 10.3. The van der Waals surface area contributed by atoms with Crippen LogP contribution >= 0.6 is 0 Å². The molecule has 3 nitrogen and oxygen atoms in total. The van der Waals surface area contributed by atoms with Gasteiger partial charge in [0.25, 0.3) is 0 Å². The lowest BCUT2D eigenvalue weighted by Crippen LogP contribution is -2.28. The first-order valence-corrected chi connectivity index (χ1v) is 6.87. The smallest absolute Gasteiger partial charge is 0.305 e. The van der Waals surface area contributed by atoms with Crippen molar-refractivity contribution in [1.29, 1.82) is 0 Å². The van der Waals surface area contributed by atoms with Gasteiger partial charge in [-0.3, -0.25) is 4.79 Å². The van der Waals surface area contributed by atoms with Crippen LogP contribution < -0.4 is 0 Å². The van der Waals surface area contributed by atoms with Crippen molar-refractivity contribution in [2.45, 2.75) is 51.6 Å². The van der Waals surface area contributed by atoms with Gasteiger partial charge in [-0.2, -0.15) is 0 Å². The molecule has 105 valence electrons. The van der Waals surface area contributed by atoms with Gasteiger partial charge in [0.15, 0.2) is 0 Å². The van der Waals surface area contributed by atoms with Crippen LogP contribution in [-0.4, -0.2) is 16.2 Å². The highest BCUT2D eigenvalue weighted by atomic mass is 16.4. The summed E-state index contributed by atoms with van der Waals surface area (Å²) in [6, 6.07) is 10.7. The molecule has 0 unspecified atom stereocenters. The fraction of sp³-hybridized carbons (Fsp3) is 0.562. The van der Waals surface area contributed by atoms with E-state index in [1.54, 1.807) is 13.8 Å². The van der Waals surface area contributed by atoms with Crippen molar-refractivity contribution in [3.63, 3.8) is 0 Å². The molecule has 1 aliphatic rings. The first kappa shape index (κ1) is 15.7. The Labute approximate surface area is 115 Å². The Hall–Kier alpha value is -1.35. The Morgan fingerprint density at radius 3 is 2.11 bits per heavy atom. The molecule has 0 spiro atoms. The van der Waals surface area contributed by atoms with Crippen molar-refractivity contribution in [3.8, 4) is 0 Å². The Bertz CT molecular complexity index is 378. The lowest BCUT2D eigenvalue weighted by atomic mass is 9.80. The van der Waals surface area contributed by atoms with E-state index in [1.807, 2.05) is 24.3 Å². The molecule has 0 bridgehead atoms. The van der Waals surface area contributed by atoms with E-state index in [2.05, 4.69) is 6.07 Å². The summed E-state index contributed by atoms with van der Waals surface area (Å²) >= 11 is 0. The predicted molar refractivity (Wildman–Crippen MR) is 74.7 cm³/mol. The quantitative estimate of drug-likeness (QED) is 0.860. The molecule has 1 fully saturated rings. The number of carboxylic acid groups (broad SMARTS) is 1. The Morgan fingerprint density at radius 1 is 1.21 bits per heavy atom. The number of benzene rings is 1. The SMILES string of the molecule is CC(C)C(=O)O.OC1(c2cc[c]cc2)CCCCC1. The summed E-state index contributed by atoms with van der Waals surface area (Å²) in [4.78, 5) is 9.70. The van der Waals surface area contributed by atoms with Crippen LogP contribution in [0.3, 0.4) is 0 Å². The Kier molecular flexibility index (Phi) is 6.03. The molecule has 1 saturated carbocycles. The van der Waals surface area contributed by atoms with Crippen molar-refractivity contribution in [3.05, 3.63) is 35.9 Å². The molecule has 2 rings (SSSR count). The number of hydrogen-bond donors (Lipinski definition) is 2. The molecule has 0 atom stereocenters. The van der Waals surface area contributed by atoms with E-state index in [0.29, 0.717) is 0 Å². The molecule has 3 heteroatoms. The molecular weight excluding hydrogens is 240 g/mol. The zero-order valence-electron chi connectivity index (χ0n) is 11.7. The number of carboxylic acids is 1. The third kappa shape index (κ3) is 5.03. The van der Waals surface area contributed by atoms with E-state index in [9.17, 15) is 9.90 Å². The number of aliphatic hydroxyl groups is 1. The lowest BCUT2D eigenvalue weighted by molar-refractivity contribution is -0.140. The highest BCUT2D eigenvalue weighted by Gasteiger charge is 2.30. The number of hydrogen-bond acceptors (Lipinski definition) is 2. The Balaban J connectivity index is 0.000000258. The fourth-order valence-electron chi connectivity index (χ4n) is 2.12. The summed E-state index contributed by atoms with van der Waals surface area (Å²) < 4.78 is 0. The van der Waals surface area contributed by atoms with Crippen LogP contribution in [-0.2, 0) is 10.4 Å². The third-order valence-electron chi connectivity index (χ3n) is 3.43. The maximum absolute atomic E-state index is 10.3. The minimum absolute atomic E-state index is 0.231. The first-order chi connectivity index (χ1) is 8.96. The minimum atomic E-state index is -0.741. The Morgan fingerprint density at radius 2 is 1.68 bits per heavy atom. The summed E-state index contributed by atoms with van der Waals surface area (Å²) in [5, 5.41) is 18.3. The van der Waals surface area contributed by atoms with E-state index in [-0.39, 0.29) is 5.92 Å². The van der Waals surface area contributed by atoms with Crippen LogP contribution in [0.2, 0.25) is 0 Å². The van der Waals surface area contributed by atoms with Gasteiger partial charge < -0.3 is 10.2 Å². The molecule has 0 saturated heterocycles. The zero-order valence-corrected chi connectivity index (χ0v) is 11.7. The van der Waals surface area contributed by atoms with Crippen molar-refractivity contribution in [2.24, 2.45) is 5.92 Å².